The van der Waals surface area contributed by atoms with E-state index in [9.17, 15) is 0 Å². The van der Waals surface area contributed by atoms with Crippen LogP contribution >= 0.6 is 11.3 Å². The van der Waals surface area contributed by atoms with E-state index in [0.717, 1.165) is 19.0 Å². The van der Waals surface area contributed by atoms with E-state index >= 15 is 0 Å². The lowest BCUT2D eigenvalue weighted by Crippen LogP contribution is -2.53. The second kappa shape index (κ2) is 7.58. The summed E-state index contributed by atoms with van der Waals surface area (Å²) in [4.78, 5) is 5.71. The van der Waals surface area contributed by atoms with Gasteiger partial charge in [0, 0.05) is 34.9 Å². The van der Waals surface area contributed by atoms with E-state index in [1.54, 1.807) is 0 Å². The van der Waals surface area contributed by atoms with Crippen LogP contribution < -0.4 is 5.32 Å². The van der Waals surface area contributed by atoms with Gasteiger partial charge in [0.05, 0.1) is 0 Å². The second-order valence-electron chi connectivity index (χ2n) is 6.14. The van der Waals surface area contributed by atoms with Crippen molar-refractivity contribution in [2.75, 3.05) is 13.1 Å². The van der Waals surface area contributed by atoms with Crippen LogP contribution in [-0.4, -0.2) is 30.1 Å². The van der Waals surface area contributed by atoms with Gasteiger partial charge in [-0.2, -0.15) is 0 Å². The first-order chi connectivity index (χ1) is 9.65. The van der Waals surface area contributed by atoms with Gasteiger partial charge < -0.3 is 5.32 Å². The summed E-state index contributed by atoms with van der Waals surface area (Å²) in [5, 5.41) is 3.73. The van der Waals surface area contributed by atoms with Gasteiger partial charge in [-0.25, -0.2) is 0 Å². The van der Waals surface area contributed by atoms with Crippen molar-refractivity contribution in [3.63, 3.8) is 0 Å². The number of likely N-dealkylation sites (tertiary alicyclic amines) is 1. The molecule has 1 saturated heterocycles. The van der Waals surface area contributed by atoms with Crippen LogP contribution in [0, 0.1) is 5.92 Å². The molecule has 1 aromatic heterocycles. The average molecular weight is 295 g/mol. The highest BCUT2D eigenvalue weighted by Crippen LogP contribution is 2.27. The van der Waals surface area contributed by atoms with E-state index in [1.807, 2.05) is 11.3 Å². The van der Waals surface area contributed by atoms with Crippen LogP contribution in [0.1, 0.15) is 50.3 Å². The molecule has 0 spiro atoms. The molecular weight excluding hydrogens is 264 g/mol. The quantitative estimate of drug-likeness (QED) is 0.856. The van der Waals surface area contributed by atoms with Gasteiger partial charge in [-0.3, -0.25) is 4.90 Å². The van der Waals surface area contributed by atoms with E-state index < -0.39 is 0 Å². The van der Waals surface area contributed by atoms with Crippen molar-refractivity contribution in [1.82, 2.24) is 10.2 Å². The summed E-state index contributed by atoms with van der Waals surface area (Å²) >= 11 is 1.99. The molecule has 2 heterocycles. The molecule has 0 saturated carbocycles. The highest BCUT2D eigenvalue weighted by atomic mass is 32.1. The Balaban J connectivity index is 1.91. The van der Waals surface area contributed by atoms with Gasteiger partial charge in [-0.05, 0) is 50.8 Å². The molecule has 1 aromatic rings. The predicted octanol–water partition coefficient (Wildman–Crippen LogP) is 3.91. The molecule has 1 aliphatic heterocycles. The Kier molecular flexibility index (Phi) is 6.06. The zero-order valence-corrected chi connectivity index (χ0v) is 14.3. The molecule has 3 heteroatoms. The smallest absolute Gasteiger partial charge is 0.0330 e. The Bertz CT molecular complexity index is 401. The van der Waals surface area contributed by atoms with Crippen LogP contribution in [-0.2, 0) is 13.0 Å². The third kappa shape index (κ3) is 3.84. The lowest BCUT2D eigenvalue weighted by Gasteiger charge is -2.43. The van der Waals surface area contributed by atoms with Gasteiger partial charge in [-0.1, -0.05) is 20.8 Å². The van der Waals surface area contributed by atoms with Crippen LogP contribution in [0.2, 0.25) is 0 Å². The van der Waals surface area contributed by atoms with Gasteiger partial charge in [0.25, 0.3) is 0 Å². The lowest BCUT2D eigenvalue weighted by molar-refractivity contribution is 0.0794. The molecule has 0 radical (unpaired) electrons. The molecule has 1 aliphatic rings. The third-order valence-corrected chi connectivity index (χ3v) is 5.99. The van der Waals surface area contributed by atoms with Crippen molar-refractivity contribution in [2.45, 2.75) is 65.6 Å². The molecule has 0 aliphatic carbocycles. The maximum Gasteiger partial charge on any atom is 0.0330 e. The van der Waals surface area contributed by atoms with E-state index in [2.05, 4.69) is 50.0 Å². The van der Waals surface area contributed by atoms with Crippen molar-refractivity contribution >= 4 is 11.3 Å². The average Bonchev–Trinajstić information content (AvgIpc) is 2.91. The largest absolute Gasteiger partial charge is 0.314 e. The lowest BCUT2D eigenvalue weighted by atomic mass is 9.87. The molecule has 1 fully saturated rings. The van der Waals surface area contributed by atoms with Crippen LogP contribution in [0.25, 0.3) is 0 Å². The van der Waals surface area contributed by atoms with Crippen LogP contribution in [0.5, 0.6) is 0 Å². The number of nitrogens with zero attached hydrogens (tertiary/aromatic N) is 1. The number of nitrogens with one attached hydrogen (secondary N) is 1. The van der Waals surface area contributed by atoms with Gasteiger partial charge in [0.2, 0.25) is 0 Å². The summed E-state index contributed by atoms with van der Waals surface area (Å²) in [5.41, 5.74) is 0. The summed E-state index contributed by atoms with van der Waals surface area (Å²) in [7, 11) is 0. The Morgan fingerprint density at radius 2 is 2.00 bits per heavy atom. The number of rotatable bonds is 6. The van der Waals surface area contributed by atoms with Crippen molar-refractivity contribution in [3.05, 3.63) is 21.9 Å². The Hall–Kier alpha value is -0.380. The first kappa shape index (κ1) is 16.0. The Morgan fingerprint density at radius 3 is 2.65 bits per heavy atom. The maximum absolute atomic E-state index is 3.73. The predicted molar refractivity (Wildman–Crippen MR) is 89.4 cm³/mol. The molecule has 2 nitrogen and oxygen atoms in total. The zero-order chi connectivity index (χ0) is 14.5. The normalized spacial score (nSPS) is 27.9. The van der Waals surface area contributed by atoms with E-state index in [0.29, 0.717) is 12.1 Å². The highest BCUT2D eigenvalue weighted by molar-refractivity contribution is 7.11. The fraction of sp³-hybridized carbons (Fsp3) is 0.765. The van der Waals surface area contributed by atoms with Gasteiger partial charge in [0.15, 0.2) is 0 Å². The molecule has 1 N–H and O–H groups in total. The Morgan fingerprint density at radius 1 is 1.25 bits per heavy atom. The van der Waals surface area contributed by atoms with Gasteiger partial charge >= 0.3 is 0 Å². The summed E-state index contributed by atoms with van der Waals surface area (Å²) in [6.45, 7) is 12.8. The van der Waals surface area contributed by atoms with Crippen molar-refractivity contribution in [1.29, 1.82) is 0 Å². The standard InChI is InChI=1S/C17H30N2S/c1-5-10-18-17-9-11-19(14(4)13(17)3)12-16-8-7-15(6-2)20-16/h7-8,13-14,17-18H,5-6,9-12H2,1-4H3. The number of hydrogen-bond acceptors (Lipinski definition) is 3. The SMILES string of the molecule is CCCNC1CCN(Cc2ccc(CC)s2)C(C)C1C. The van der Waals surface area contributed by atoms with Crippen LogP contribution in [0.4, 0.5) is 0 Å². The fourth-order valence-corrected chi connectivity index (χ4v) is 4.16. The highest BCUT2D eigenvalue weighted by Gasteiger charge is 2.31. The molecule has 3 atom stereocenters. The summed E-state index contributed by atoms with van der Waals surface area (Å²) in [6, 6.07) is 5.99. The molecule has 114 valence electrons. The number of aryl methyl sites for hydroxylation is 1. The fourth-order valence-electron chi connectivity index (χ4n) is 3.18. The summed E-state index contributed by atoms with van der Waals surface area (Å²) in [5.74, 6) is 0.737. The molecular formula is C17H30N2S. The monoisotopic (exact) mass is 294 g/mol. The number of thiophene rings is 1. The van der Waals surface area contributed by atoms with Crippen molar-refractivity contribution < 1.29 is 0 Å². The minimum absolute atomic E-state index is 0.672. The molecule has 0 aromatic carbocycles. The molecule has 0 bridgehead atoms. The first-order valence-corrected chi connectivity index (χ1v) is 9.02. The molecule has 2 rings (SSSR count). The second-order valence-corrected chi connectivity index (χ2v) is 7.39. The molecule has 0 amide bonds. The minimum Gasteiger partial charge on any atom is -0.314 e. The van der Waals surface area contributed by atoms with Crippen molar-refractivity contribution in [2.24, 2.45) is 5.92 Å². The zero-order valence-electron chi connectivity index (χ0n) is 13.5. The van der Waals surface area contributed by atoms with E-state index in [-0.39, 0.29) is 0 Å². The molecule has 20 heavy (non-hydrogen) atoms. The van der Waals surface area contributed by atoms with E-state index in [1.165, 1.54) is 35.6 Å². The summed E-state index contributed by atoms with van der Waals surface area (Å²) in [6.07, 6.45) is 3.69. The first-order valence-electron chi connectivity index (χ1n) is 8.20. The van der Waals surface area contributed by atoms with Gasteiger partial charge in [-0.15, -0.1) is 11.3 Å². The van der Waals surface area contributed by atoms with Crippen molar-refractivity contribution in [3.8, 4) is 0 Å². The maximum atomic E-state index is 3.73. The Labute approximate surface area is 128 Å². The molecule has 3 unspecified atom stereocenters. The van der Waals surface area contributed by atoms with Crippen LogP contribution in [0.15, 0.2) is 12.1 Å². The van der Waals surface area contributed by atoms with E-state index in [4.69, 9.17) is 0 Å². The number of piperidine rings is 1. The third-order valence-electron chi connectivity index (χ3n) is 4.78. The minimum atomic E-state index is 0.672. The van der Waals surface area contributed by atoms with Gasteiger partial charge in [0.1, 0.15) is 0 Å². The summed E-state index contributed by atoms with van der Waals surface area (Å²) < 4.78 is 0. The van der Waals surface area contributed by atoms with Crippen LogP contribution in [0.3, 0.4) is 0 Å². The number of hydrogen-bond donors (Lipinski definition) is 1. The topological polar surface area (TPSA) is 15.3 Å².